The summed E-state index contributed by atoms with van der Waals surface area (Å²) in [6.07, 6.45) is -0.536. The average molecular weight is 507 g/mol. The van der Waals surface area contributed by atoms with Crippen LogP contribution in [0, 0.1) is 20.8 Å². The quantitative estimate of drug-likeness (QED) is 0.369. The maximum atomic E-state index is 13.1. The van der Waals surface area contributed by atoms with Crippen LogP contribution >= 0.6 is 0 Å². The summed E-state index contributed by atoms with van der Waals surface area (Å²) >= 11 is 0. The Morgan fingerprint density at radius 1 is 1.03 bits per heavy atom. The topological polar surface area (TPSA) is 105 Å². The summed E-state index contributed by atoms with van der Waals surface area (Å²) in [5.41, 5.74) is 6.25. The second-order valence-electron chi connectivity index (χ2n) is 9.09. The molecule has 1 amide bonds. The van der Waals surface area contributed by atoms with E-state index in [4.69, 9.17) is 9.97 Å². The van der Waals surface area contributed by atoms with Crippen LogP contribution in [0.3, 0.4) is 0 Å². The lowest BCUT2D eigenvalue weighted by atomic mass is 10.1. The molecule has 8 nitrogen and oxygen atoms in total. The fraction of sp³-hybridized carbons (Fsp3) is 0.296. The molecule has 188 valence electrons. The zero-order valence-corrected chi connectivity index (χ0v) is 21.9. The summed E-state index contributed by atoms with van der Waals surface area (Å²) in [7, 11) is -4.21. The summed E-state index contributed by atoms with van der Waals surface area (Å²) in [5.74, 6) is 0.897. The van der Waals surface area contributed by atoms with Gasteiger partial charge in [-0.3, -0.25) is 4.57 Å². The smallest absolute Gasteiger partial charge is 0.421 e. The minimum absolute atomic E-state index is 0.0464. The maximum Gasteiger partial charge on any atom is 0.421 e. The summed E-state index contributed by atoms with van der Waals surface area (Å²) in [4.78, 5) is 21.5. The van der Waals surface area contributed by atoms with Crippen LogP contribution < -0.4 is 0 Å². The van der Waals surface area contributed by atoms with Crippen LogP contribution in [0.5, 0.6) is 0 Å². The number of hydrogen-bond acceptors (Lipinski definition) is 5. The lowest BCUT2D eigenvalue weighted by molar-refractivity contribution is 0.162. The Bertz CT molecular complexity index is 1530. The minimum Gasteiger partial charge on any atom is -0.464 e. The van der Waals surface area contributed by atoms with Crippen molar-refractivity contribution in [2.24, 2.45) is 0 Å². The van der Waals surface area contributed by atoms with Crippen molar-refractivity contribution in [1.29, 1.82) is 0 Å². The normalized spacial score (nSPS) is 12.6. The predicted octanol–water partition coefficient (Wildman–Crippen LogP) is 5.21. The maximum absolute atomic E-state index is 13.1. The molecule has 4 rings (SSSR count). The molecule has 2 aromatic carbocycles. The van der Waals surface area contributed by atoms with E-state index < -0.39 is 22.2 Å². The highest BCUT2D eigenvalue weighted by Crippen LogP contribution is 2.25. The van der Waals surface area contributed by atoms with Gasteiger partial charge in [-0.1, -0.05) is 36.8 Å². The first-order chi connectivity index (χ1) is 17.0. The van der Waals surface area contributed by atoms with Gasteiger partial charge in [0.1, 0.15) is 11.3 Å². The van der Waals surface area contributed by atoms with Crippen molar-refractivity contribution in [1.82, 2.24) is 18.8 Å². The fourth-order valence-electron chi connectivity index (χ4n) is 4.47. The molecule has 0 spiro atoms. The molecule has 1 unspecified atom stereocenters. The van der Waals surface area contributed by atoms with Crippen LogP contribution in [0.2, 0.25) is 0 Å². The first kappa shape index (κ1) is 25.4. The van der Waals surface area contributed by atoms with Crippen LogP contribution in [0.25, 0.3) is 16.9 Å². The number of aryl methyl sites for hydroxylation is 4. The van der Waals surface area contributed by atoms with Crippen LogP contribution in [0.1, 0.15) is 42.1 Å². The van der Waals surface area contributed by atoms with E-state index in [2.05, 4.69) is 0 Å². The number of sulfonamides is 1. The lowest BCUT2D eigenvalue weighted by Crippen LogP contribution is -2.43. The van der Waals surface area contributed by atoms with Crippen molar-refractivity contribution >= 4 is 27.3 Å². The third-order valence-corrected chi connectivity index (χ3v) is 8.11. The van der Waals surface area contributed by atoms with E-state index >= 15 is 0 Å². The average Bonchev–Trinajstić information content (AvgIpc) is 3.18. The zero-order chi connectivity index (χ0) is 26.2. The van der Waals surface area contributed by atoms with Crippen LogP contribution in [0.15, 0.2) is 59.5 Å². The van der Waals surface area contributed by atoms with E-state index in [0.717, 1.165) is 51.5 Å². The highest BCUT2D eigenvalue weighted by molar-refractivity contribution is 7.89. The van der Waals surface area contributed by atoms with Gasteiger partial charge >= 0.3 is 6.09 Å². The molecule has 4 aromatic rings. The van der Waals surface area contributed by atoms with E-state index in [1.807, 2.05) is 62.6 Å². The lowest BCUT2D eigenvalue weighted by Gasteiger charge is -2.26. The molecule has 0 radical (unpaired) electrons. The van der Waals surface area contributed by atoms with Gasteiger partial charge in [-0.25, -0.2) is 23.2 Å². The Hall–Kier alpha value is -3.72. The molecule has 0 fully saturated rings. The second kappa shape index (κ2) is 9.73. The van der Waals surface area contributed by atoms with Gasteiger partial charge in [-0.05, 0) is 75.6 Å². The number of nitrogens with zero attached hydrogens (tertiary/aromatic N) is 4. The molecule has 0 saturated heterocycles. The number of pyridine rings is 1. The molecule has 1 atom stereocenters. The summed E-state index contributed by atoms with van der Waals surface area (Å²) in [6, 6.07) is 15.0. The molecule has 2 heterocycles. The Morgan fingerprint density at radius 3 is 2.25 bits per heavy atom. The van der Waals surface area contributed by atoms with E-state index in [0.29, 0.717) is 4.31 Å². The highest BCUT2D eigenvalue weighted by atomic mass is 32.2. The number of benzene rings is 2. The highest BCUT2D eigenvalue weighted by Gasteiger charge is 2.33. The second-order valence-corrected chi connectivity index (χ2v) is 10.9. The minimum atomic E-state index is -4.21. The number of imidazole rings is 1. The van der Waals surface area contributed by atoms with Crippen LogP contribution in [0.4, 0.5) is 4.79 Å². The molecule has 9 heteroatoms. The fourth-order valence-corrected chi connectivity index (χ4v) is 5.93. The molecular weight excluding hydrogens is 476 g/mol. The monoisotopic (exact) mass is 506 g/mol. The van der Waals surface area contributed by atoms with Crippen molar-refractivity contribution in [3.8, 4) is 5.69 Å². The van der Waals surface area contributed by atoms with Gasteiger partial charge in [-0.2, -0.15) is 4.31 Å². The van der Waals surface area contributed by atoms with E-state index in [1.54, 1.807) is 19.1 Å². The van der Waals surface area contributed by atoms with Crippen LogP contribution in [-0.2, 0) is 22.9 Å². The molecule has 0 bridgehead atoms. The van der Waals surface area contributed by atoms with Gasteiger partial charge in [0.2, 0.25) is 0 Å². The van der Waals surface area contributed by atoms with Gasteiger partial charge < -0.3 is 5.11 Å². The Labute approximate surface area is 211 Å². The SMILES string of the molecule is CCc1nc2c(C)cc(C)nc2n1-c1ccc(CC(C)N(C(=O)O)S(=O)(=O)c2ccc(C)cc2)cc1. The number of rotatable bonds is 7. The number of carboxylic acid groups (broad SMARTS) is 1. The van der Waals surface area contributed by atoms with Gasteiger partial charge in [0.15, 0.2) is 5.65 Å². The molecule has 1 N–H and O–H groups in total. The Balaban J connectivity index is 1.64. The number of amides is 1. The molecule has 0 saturated carbocycles. The molecule has 0 aliphatic carbocycles. The molecule has 0 aliphatic heterocycles. The van der Waals surface area contributed by atoms with E-state index in [1.165, 1.54) is 12.1 Å². The summed E-state index contributed by atoms with van der Waals surface area (Å²) in [5, 5.41) is 9.77. The Morgan fingerprint density at radius 2 is 1.67 bits per heavy atom. The van der Waals surface area contributed by atoms with E-state index in [9.17, 15) is 18.3 Å². The summed E-state index contributed by atoms with van der Waals surface area (Å²) in [6.45, 7) is 9.47. The van der Waals surface area contributed by atoms with E-state index in [-0.39, 0.29) is 11.3 Å². The van der Waals surface area contributed by atoms with Gasteiger partial charge in [-0.15, -0.1) is 0 Å². The largest absolute Gasteiger partial charge is 0.464 e. The number of fused-ring (bicyclic) bond motifs is 1. The van der Waals surface area contributed by atoms with Crippen LogP contribution in [-0.4, -0.2) is 44.5 Å². The van der Waals surface area contributed by atoms with Crippen molar-refractivity contribution in [2.45, 2.75) is 58.4 Å². The molecule has 0 aliphatic rings. The standard InChI is InChI=1S/C27H30N4O4S/c1-6-24-29-25-18(3)15-19(4)28-26(25)30(24)22-11-9-21(10-12-22)16-20(5)31(27(32)33)36(34,35)23-13-7-17(2)8-14-23/h7-15,20H,6,16H2,1-5H3,(H,32,33). The van der Waals surface area contributed by atoms with Gasteiger partial charge in [0, 0.05) is 17.8 Å². The zero-order valence-electron chi connectivity index (χ0n) is 21.1. The third kappa shape index (κ3) is 4.70. The first-order valence-electron chi connectivity index (χ1n) is 11.8. The summed E-state index contributed by atoms with van der Waals surface area (Å²) < 4.78 is 28.8. The van der Waals surface area contributed by atoms with Crippen molar-refractivity contribution in [2.75, 3.05) is 0 Å². The van der Waals surface area contributed by atoms with Crippen molar-refractivity contribution in [3.05, 3.63) is 82.8 Å². The molecule has 2 aromatic heterocycles. The van der Waals surface area contributed by atoms with Gasteiger partial charge in [0.25, 0.3) is 10.0 Å². The number of hydrogen-bond donors (Lipinski definition) is 1. The Kier molecular flexibility index (Phi) is 6.86. The number of aromatic nitrogens is 3. The number of carbonyl (C=O) groups is 1. The molecule has 36 heavy (non-hydrogen) atoms. The van der Waals surface area contributed by atoms with Crippen molar-refractivity contribution in [3.63, 3.8) is 0 Å². The van der Waals surface area contributed by atoms with Crippen molar-refractivity contribution < 1.29 is 18.3 Å². The van der Waals surface area contributed by atoms with Gasteiger partial charge in [0.05, 0.1) is 10.9 Å². The predicted molar refractivity (Wildman–Crippen MR) is 139 cm³/mol. The molecular formula is C27H30N4O4S. The first-order valence-corrected chi connectivity index (χ1v) is 13.3. The third-order valence-electron chi connectivity index (χ3n) is 6.21.